The van der Waals surface area contributed by atoms with E-state index in [1.165, 1.54) is 16.7 Å². The van der Waals surface area contributed by atoms with E-state index in [0.29, 0.717) is 19.1 Å². The van der Waals surface area contributed by atoms with Crippen LogP contribution < -0.4 is 4.74 Å². The minimum Gasteiger partial charge on any atom is -0.491 e. The molecule has 33 heavy (non-hydrogen) atoms. The first kappa shape index (κ1) is 23.8. The standard InChI is InChI=1S/C29H40N2O2/c1-23(2)31-20-21-33-27-10-5-4-8-26(27)9-6-7-15-29(28(31)32)16-18-30(19-17-29)22-25-13-11-24(3)12-14-25/h4-5,8,10-14,23H,6-7,9,15-22H2,1-3H3. The third kappa shape index (κ3) is 5.78. The van der Waals surface area contributed by atoms with Crippen LogP contribution >= 0.6 is 0 Å². The summed E-state index contributed by atoms with van der Waals surface area (Å²) in [5, 5.41) is 0. The Kier molecular flexibility index (Phi) is 7.75. The Bertz CT molecular complexity index is 913. The van der Waals surface area contributed by atoms with E-state index in [0.717, 1.165) is 63.9 Å². The second-order valence-corrected chi connectivity index (χ2v) is 10.3. The van der Waals surface area contributed by atoms with Gasteiger partial charge < -0.3 is 9.64 Å². The Morgan fingerprint density at radius 2 is 1.67 bits per heavy atom. The van der Waals surface area contributed by atoms with Crippen LogP contribution in [0.2, 0.25) is 0 Å². The van der Waals surface area contributed by atoms with Crippen molar-refractivity contribution < 1.29 is 9.53 Å². The summed E-state index contributed by atoms with van der Waals surface area (Å²) in [6.45, 7) is 10.6. The van der Waals surface area contributed by atoms with E-state index in [2.05, 4.69) is 73.0 Å². The lowest BCUT2D eigenvalue weighted by molar-refractivity contribution is -0.148. The quantitative estimate of drug-likeness (QED) is 0.611. The molecule has 2 aromatic rings. The molecular formula is C29H40N2O2. The number of likely N-dealkylation sites (tertiary alicyclic amines) is 1. The first-order valence-electron chi connectivity index (χ1n) is 12.8. The molecule has 4 rings (SSSR count). The van der Waals surface area contributed by atoms with Gasteiger partial charge in [-0.2, -0.15) is 0 Å². The average molecular weight is 449 g/mol. The number of carbonyl (C=O) groups is 1. The van der Waals surface area contributed by atoms with Crippen molar-refractivity contribution in [1.29, 1.82) is 0 Å². The van der Waals surface area contributed by atoms with Gasteiger partial charge >= 0.3 is 0 Å². The number of carbonyl (C=O) groups excluding carboxylic acids is 1. The lowest BCUT2D eigenvalue weighted by Gasteiger charge is -2.44. The molecule has 0 atom stereocenters. The summed E-state index contributed by atoms with van der Waals surface area (Å²) in [7, 11) is 0. The van der Waals surface area contributed by atoms with Crippen LogP contribution in [0.25, 0.3) is 0 Å². The molecule has 2 heterocycles. The van der Waals surface area contributed by atoms with Crippen molar-refractivity contribution in [2.45, 2.75) is 71.9 Å². The Morgan fingerprint density at radius 1 is 0.939 bits per heavy atom. The minimum absolute atomic E-state index is 0.182. The maximum absolute atomic E-state index is 14.0. The fraction of sp³-hybridized carbons (Fsp3) is 0.552. The van der Waals surface area contributed by atoms with Crippen LogP contribution in [0.5, 0.6) is 5.75 Å². The van der Waals surface area contributed by atoms with Crippen molar-refractivity contribution in [3.8, 4) is 5.75 Å². The van der Waals surface area contributed by atoms with Crippen molar-refractivity contribution in [1.82, 2.24) is 9.80 Å². The van der Waals surface area contributed by atoms with E-state index in [4.69, 9.17) is 4.74 Å². The van der Waals surface area contributed by atoms with Crippen LogP contribution in [-0.4, -0.2) is 48.0 Å². The Hall–Kier alpha value is -2.33. The van der Waals surface area contributed by atoms with Crippen LogP contribution in [0, 0.1) is 12.3 Å². The molecule has 0 aromatic heterocycles. The zero-order chi connectivity index (χ0) is 23.3. The summed E-state index contributed by atoms with van der Waals surface area (Å²) < 4.78 is 6.15. The molecule has 0 N–H and O–H groups in total. The van der Waals surface area contributed by atoms with Gasteiger partial charge in [-0.1, -0.05) is 54.4 Å². The zero-order valence-electron chi connectivity index (χ0n) is 20.7. The second kappa shape index (κ2) is 10.7. The van der Waals surface area contributed by atoms with Crippen LogP contribution in [-0.2, 0) is 17.8 Å². The zero-order valence-corrected chi connectivity index (χ0v) is 20.7. The van der Waals surface area contributed by atoms with Crippen LogP contribution in [0.4, 0.5) is 0 Å². The highest BCUT2D eigenvalue weighted by Gasteiger charge is 2.43. The van der Waals surface area contributed by atoms with Crippen molar-refractivity contribution in [2.24, 2.45) is 5.41 Å². The molecule has 1 amide bonds. The number of rotatable bonds is 3. The van der Waals surface area contributed by atoms with Gasteiger partial charge in [0.05, 0.1) is 12.0 Å². The first-order valence-corrected chi connectivity index (χ1v) is 12.8. The van der Waals surface area contributed by atoms with Gasteiger partial charge in [0.1, 0.15) is 12.4 Å². The predicted octanol–water partition coefficient (Wildman–Crippen LogP) is 5.62. The fourth-order valence-electron chi connectivity index (χ4n) is 5.44. The molecule has 1 fully saturated rings. The number of piperidine rings is 1. The summed E-state index contributed by atoms with van der Waals surface area (Å²) in [6, 6.07) is 17.4. The Morgan fingerprint density at radius 3 is 2.39 bits per heavy atom. The van der Waals surface area contributed by atoms with E-state index in [9.17, 15) is 4.79 Å². The summed E-state index contributed by atoms with van der Waals surface area (Å²) >= 11 is 0. The van der Waals surface area contributed by atoms with Crippen molar-refractivity contribution in [3.05, 3.63) is 65.2 Å². The number of fused-ring (bicyclic) bond motifs is 1. The molecule has 0 unspecified atom stereocenters. The molecule has 1 spiro atoms. The van der Waals surface area contributed by atoms with Gasteiger partial charge in [-0.15, -0.1) is 0 Å². The van der Waals surface area contributed by atoms with Crippen molar-refractivity contribution in [2.75, 3.05) is 26.2 Å². The van der Waals surface area contributed by atoms with E-state index < -0.39 is 0 Å². The molecule has 2 aliphatic rings. The molecule has 0 bridgehead atoms. The van der Waals surface area contributed by atoms with E-state index in [-0.39, 0.29) is 11.5 Å². The van der Waals surface area contributed by atoms with E-state index in [1.54, 1.807) is 0 Å². The molecule has 4 heteroatoms. The highest BCUT2D eigenvalue weighted by Crippen LogP contribution is 2.40. The summed E-state index contributed by atoms with van der Waals surface area (Å²) in [5.74, 6) is 1.33. The number of hydrogen-bond donors (Lipinski definition) is 0. The summed E-state index contributed by atoms with van der Waals surface area (Å²) in [5.41, 5.74) is 3.73. The van der Waals surface area contributed by atoms with E-state index >= 15 is 0 Å². The van der Waals surface area contributed by atoms with Gasteiger partial charge in [-0.25, -0.2) is 0 Å². The number of nitrogens with zero attached hydrogens (tertiary/aromatic N) is 2. The first-order chi connectivity index (χ1) is 16.0. The van der Waals surface area contributed by atoms with Crippen molar-refractivity contribution >= 4 is 5.91 Å². The molecule has 2 aliphatic heterocycles. The third-order valence-electron chi connectivity index (χ3n) is 7.59. The molecular weight excluding hydrogens is 408 g/mol. The average Bonchev–Trinajstić information content (AvgIpc) is 2.81. The number of para-hydroxylation sites is 1. The topological polar surface area (TPSA) is 32.8 Å². The van der Waals surface area contributed by atoms with Crippen LogP contribution in [0.3, 0.4) is 0 Å². The SMILES string of the molecule is Cc1ccc(CN2CCC3(CCCCc4ccccc4OCCN(C(C)C)C3=O)CC2)cc1. The molecule has 1 saturated heterocycles. The number of ether oxygens (including phenoxy) is 1. The molecule has 2 aromatic carbocycles. The Labute approximate surface area is 199 Å². The second-order valence-electron chi connectivity index (χ2n) is 10.3. The van der Waals surface area contributed by atoms with Gasteiger partial charge in [-0.3, -0.25) is 9.69 Å². The Balaban J connectivity index is 1.47. The fourth-order valence-corrected chi connectivity index (χ4v) is 5.44. The highest BCUT2D eigenvalue weighted by atomic mass is 16.5. The monoisotopic (exact) mass is 448 g/mol. The van der Waals surface area contributed by atoms with Gasteiger partial charge in [-0.05, 0) is 83.2 Å². The van der Waals surface area contributed by atoms with Gasteiger partial charge in [0, 0.05) is 12.6 Å². The van der Waals surface area contributed by atoms with Gasteiger partial charge in [0.2, 0.25) is 5.91 Å². The molecule has 178 valence electrons. The maximum Gasteiger partial charge on any atom is 0.229 e. The third-order valence-corrected chi connectivity index (χ3v) is 7.59. The van der Waals surface area contributed by atoms with Crippen molar-refractivity contribution in [3.63, 3.8) is 0 Å². The lowest BCUT2D eigenvalue weighted by atomic mass is 9.72. The van der Waals surface area contributed by atoms with Gasteiger partial charge in [0.25, 0.3) is 0 Å². The number of hydrogen-bond acceptors (Lipinski definition) is 3. The lowest BCUT2D eigenvalue weighted by Crippen LogP contribution is -2.53. The predicted molar refractivity (Wildman–Crippen MR) is 134 cm³/mol. The molecule has 0 saturated carbocycles. The summed E-state index contributed by atoms with van der Waals surface area (Å²) in [6.07, 6.45) is 6.12. The normalized spacial score (nSPS) is 20.1. The molecule has 4 nitrogen and oxygen atoms in total. The molecule has 0 aliphatic carbocycles. The number of benzene rings is 2. The molecule has 0 radical (unpaired) electrons. The highest BCUT2D eigenvalue weighted by molar-refractivity contribution is 5.83. The maximum atomic E-state index is 14.0. The van der Waals surface area contributed by atoms with E-state index in [1.807, 2.05) is 6.07 Å². The minimum atomic E-state index is -0.229. The number of amides is 1. The van der Waals surface area contributed by atoms with Crippen LogP contribution in [0.1, 0.15) is 62.6 Å². The summed E-state index contributed by atoms with van der Waals surface area (Å²) in [4.78, 5) is 18.6. The largest absolute Gasteiger partial charge is 0.491 e. The van der Waals surface area contributed by atoms with Gasteiger partial charge in [0.15, 0.2) is 0 Å². The van der Waals surface area contributed by atoms with Crippen LogP contribution in [0.15, 0.2) is 48.5 Å². The number of aryl methyl sites for hydroxylation is 2. The smallest absolute Gasteiger partial charge is 0.229 e.